The third-order valence-corrected chi connectivity index (χ3v) is 7.44. The number of carbonyl (C=O) groups excluding carboxylic acids is 1. The van der Waals surface area contributed by atoms with Crippen molar-refractivity contribution in [2.24, 2.45) is 0 Å². The van der Waals surface area contributed by atoms with Crippen molar-refractivity contribution in [2.45, 2.75) is 55.4 Å². The molecule has 2 amide bonds. The van der Waals surface area contributed by atoms with Crippen LogP contribution in [0.4, 0.5) is 21.9 Å². The Morgan fingerprint density at radius 1 is 1.00 bits per heavy atom. The van der Waals surface area contributed by atoms with E-state index in [9.17, 15) is 4.79 Å². The zero-order chi connectivity index (χ0) is 22.5. The monoisotopic (exact) mass is 444 g/mol. The molecule has 0 saturated carbocycles. The van der Waals surface area contributed by atoms with Gasteiger partial charge in [-0.3, -0.25) is 9.80 Å². The highest BCUT2D eigenvalue weighted by Crippen LogP contribution is 2.51. The van der Waals surface area contributed by atoms with Crippen molar-refractivity contribution in [3.05, 3.63) is 72.3 Å². The Labute approximate surface area is 194 Å². The van der Waals surface area contributed by atoms with Gasteiger partial charge in [-0.25, -0.2) is 4.79 Å². The molecule has 0 aliphatic carbocycles. The van der Waals surface area contributed by atoms with Crippen LogP contribution in [0.25, 0.3) is 0 Å². The van der Waals surface area contributed by atoms with Crippen LogP contribution in [0.15, 0.2) is 76.5 Å². The fourth-order valence-corrected chi connectivity index (χ4v) is 6.09. The van der Waals surface area contributed by atoms with Gasteiger partial charge < -0.3 is 4.74 Å². The van der Waals surface area contributed by atoms with E-state index >= 15 is 0 Å². The average Bonchev–Trinajstić information content (AvgIpc) is 2.77. The SMILES string of the molecule is CCOc1ccc2c(c1)C(C)CC(C)(C)N2C(=O)N1c2ccccc2Sc2ccccc21. The van der Waals surface area contributed by atoms with E-state index < -0.39 is 0 Å². The molecule has 0 aromatic heterocycles. The van der Waals surface area contributed by atoms with Crippen LogP contribution in [0.1, 0.15) is 45.6 Å². The topological polar surface area (TPSA) is 32.8 Å². The van der Waals surface area contributed by atoms with E-state index in [0.29, 0.717) is 12.5 Å². The molecule has 5 heteroatoms. The van der Waals surface area contributed by atoms with Crippen molar-refractivity contribution >= 4 is 34.9 Å². The summed E-state index contributed by atoms with van der Waals surface area (Å²) in [6.07, 6.45) is 0.882. The van der Waals surface area contributed by atoms with Gasteiger partial charge in [-0.2, -0.15) is 0 Å². The number of urea groups is 1. The number of nitrogens with zero attached hydrogens (tertiary/aromatic N) is 2. The van der Waals surface area contributed by atoms with Gasteiger partial charge in [0, 0.05) is 21.0 Å². The van der Waals surface area contributed by atoms with Gasteiger partial charge in [0.15, 0.2) is 0 Å². The summed E-state index contributed by atoms with van der Waals surface area (Å²) in [4.78, 5) is 20.4. The van der Waals surface area contributed by atoms with Crippen LogP contribution in [-0.4, -0.2) is 18.2 Å². The summed E-state index contributed by atoms with van der Waals surface area (Å²) in [7, 11) is 0. The molecule has 2 heterocycles. The normalized spacial score (nSPS) is 18.4. The molecule has 3 aromatic carbocycles. The number of para-hydroxylation sites is 2. The van der Waals surface area contributed by atoms with E-state index in [-0.39, 0.29) is 11.6 Å². The Kier molecular flexibility index (Phi) is 5.17. The molecule has 164 valence electrons. The van der Waals surface area contributed by atoms with Crippen LogP contribution in [0.5, 0.6) is 5.75 Å². The number of anilines is 3. The first-order valence-electron chi connectivity index (χ1n) is 11.2. The van der Waals surface area contributed by atoms with Gasteiger partial charge in [-0.15, -0.1) is 0 Å². The van der Waals surface area contributed by atoms with Gasteiger partial charge in [-0.1, -0.05) is 43.0 Å². The number of ether oxygens (including phenoxy) is 1. The number of carbonyl (C=O) groups is 1. The minimum absolute atomic E-state index is 0.0208. The molecule has 2 aliphatic rings. The molecular weight excluding hydrogens is 416 g/mol. The number of rotatable bonds is 2. The lowest BCUT2D eigenvalue weighted by atomic mass is 9.80. The predicted molar refractivity (Wildman–Crippen MR) is 132 cm³/mol. The van der Waals surface area contributed by atoms with Crippen LogP contribution < -0.4 is 14.5 Å². The molecule has 0 fully saturated rings. The average molecular weight is 445 g/mol. The summed E-state index contributed by atoms with van der Waals surface area (Å²) in [5.74, 6) is 1.19. The summed E-state index contributed by atoms with van der Waals surface area (Å²) in [6.45, 7) is 9.18. The van der Waals surface area contributed by atoms with E-state index in [1.165, 1.54) is 0 Å². The minimum atomic E-state index is -0.328. The highest BCUT2D eigenvalue weighted by molar-refractivity contribution is 7.99. The predicted octanol–water partition coefficient (Wildman–Crippen LogP) is 7.60. The van der Waals surface area contributed by atoms with Crippen LogP contribution in [0.3, 0.4) is 0 Å². The minimum Gasteiger partial charge on any atom is -0.494 e. The highest BCUT2D eigenvalue weighted by atomic mass is 32.2. The zero-order valence-electron chi connectivity index (χ0n) is 19.0. The lowest BCUT2D eigenvalue weighted by Crippen LogP contribution is -2.55. The maximum Gasteiger partial charge on any atom is 0.334 e. The van der Waals surface area contributed by atoms with Gasteiger partial charge in [-0.05, 0) is 81.1 Å². The first-order chi connectivity index (χ1) is 15.4. The fraction of sp³-hybridized carbons (Fsp3) is 0.296. The second-order valence-electron chi connectivity index (χ2n) is 9.06. The van der Waals surface area contributed by atoms with Crippen molar-refractivity contribution in [3.63, 3.8) is 0 Å². The van der Waals surface area contributed by atoms with E-state index in [4.69, 9.17) is 4.74 Å². The van der Waals surface area contributed by atoms with Crippen LogP contribution in [0.2, 0.25) is 0 Å². The smallest absolute Gasteiger partial charge is 0.334 e. The Morgan fingerprint density at radius 3 is 2.25 bits per heavy atom. The van der Waals surface area contributed by atoms with Gasteiger partial charge in [0.1, 0.15) is 5.75 Å². The molecule has 0 N–H and O–H groups in total. The van der Waals surface area contributed by atoms with Crippen molar-refractivity contribution in [1.82, 2.24) is 0 Å². The third-order valence-electron chi connectivity index (χ3n) is 6.31. The summed E-state index contributed by atoms with van der Waals surface area (Å²) in [5.41, 5.74) is 3.67. The van der Waals surface area contributed by atoms with E-state index in [0.717, 1.165) is 44.6 Å². The molecule has 2 aliphatic heterocycles. The van der Waals surface area contributed by atoms with Gasteiger partial charge in [0.05, 0.1) is 18.0 Å². The van der Waals surface area contributed by atoms with Crippen LogP contribution in [0, 0.1) is 0 Å². The fourth-order valence-electron chi connectivity index (χ4n) is 5.04. The Hall–Kier alpha value is -2.92. The summed E-state index contributed by atoms with van der Waals surface area (Å²) in [6, 6.07) is 22.4. The van der Waals surface area contributed by atoms with Crippen molar-refractivity contribution in [1.29, 1.82) is 0 Å². The zero-order valence-corrected chi connectivity index (χ0v) is 19.8. The van der Waals surface area contributed by atoms with E-state index in [2.05, 4.69) is 39.0 Å². The number of fused-ring (bicyclic) bond motifs is 3. The summed E-state index contributed by atoms with van der Waals surface area (Å²) < 4.78 is 5.76. The molecular formula is C27H28N2O2S. The van der Waals surface area contributed by atoms with Crippen molar-refractivity contribution < 1.29 is 9.53 Å². The first kappa shape index (κ1) is 21.0. The number of hydrogen-bond donors (Lipinski definition) is 0. The van der Waals surface area contributed by atoms with Gasteiger partial charge in [0.25, 0.3) is 0 Å². The van der Waals surface area contributed by atoms with Crippen molar-refractivity contribution in [2.75, 3.05) is 16.4 Å². The number of benzene rings is 3. The summed E-state index contributed by atoms with van der Waals surface area (Å²) in [5, 5.41) is 0. The molecule has 1 unspecified atom stereocenters. The highest BCUT2D eigenvalue weighted by Gasteiger charge is 2.43. The maximum atomic E-state index is 14.4. The molecule has 5 rings (SSSR count). The Morgan fingerprint density at radius 2 is 1.62 bits per heavy atom. The number of hydrogen-bond acceptors (Lipinski definition) is 3. The van der Waals surface area contributed by atoms with Crippen LogP contribution >= 0.6 is 11.8 Å². The molecule has 3 aromatic rings. The number of amides is 2. The molecule has 0 spiro atoms. The largest absolute Gasteiger partial charge is 0.494 e. The van der Waals surface area contributed by atoms with Crippen molar-refractivity contribution in [3.8, 4) is 5.75 Å². The first-order valence-corrected chi connectivity index (χ1v) is 12.0. The lowest BCUT2D eigenvalue weighted by molar-refractivity contribution is 0.243. The molecule has 4 nitrogen and oxygen atoms in total. The second kappa shape index (κ2) is 7.89. The van der Waals surface area contributed by atoms with E-state index in [1.807, 2.05) is 65.3 Å². The van der Waals surface area contributed by atoms with Gasteiger partial charge in [0.2, 0.25) is 0 Å². The van der Waals surface area contributed by atoms with E-state index in [1.54, 1.807) is 11.8 Å². The molecule has 0 radical (unpaired) electrons. The van der Waals surface area contributed by atoms with Crippen LogP contribution in [-0.2, 0) is 0 Å². The molecule has 32 heavy (non-hydrogen) atoms. The molecule has 0 bridgehead atoms. The van der Waals surface area contributed by atoms with Gasteiger partial charge >= 0.3 is 6.03 Å². The Balaban J connectivity index is 1.66. The second-order valence-corrected chi connectivity index (χ2v) is 10.1. The molecule has 1 atom stereocenters. The maximum absolute atomic E-state index is 14.4. The quantitative estimate of drug-likeness (QED) is 0.408. The lowest BCUT2D eigenvalue weighted by Gasteiger charge is -2.48. The third kappa shape index (κ3) is 3.36. The Bertz CT molecular complexity index is 1140. The summed E-state index contributed by atoms with van der Waals surface area (Å²) >= 11 is 1.71. The molecule has 0 saturated heterocycles. The standard InChI is InChI=1S/C27H28N2O2S/c1-5-31-19-14-15-21-20(16-19)18(2)17-27(3,4)29(21)26(30)28-22-10-6-8-12-24(22)32-25-13-9-7-11-23(25)28/h6-16,18H,5,17H2,1-4H3.